The second-order valence-corrected chi connectivity index (χ2v) is 5.36. The van der Waals surface area contributed by atoms with Crippen molar-refractivity contribution < 1.29 is 23.8 Å². The van der Waals surface area contributed by atoms with Crippen LogP contribution in [0, 0.1) is 0 Å². The summed E-state index contributed by atoms with van der Waals surface area (Å²) >= 11 is 0. The van der Waals surface area contributed by atoms with Gasteiger partial charge in [-0.2, -0.15) is 10.3 Å². The summed E-state index contributed by atoms with van der Waals surface area (Å²) in [6, 6.07) is 13.4. The number of rotatable bonds is 6. The van der Waals surface area contributed by atoms with Gasteiger partial charge in [0, 0.05) is 5.56 Å². The van der Waals surface area contributed by atoms with E-state index in [0.29, 0.717) is 22.6 Å². The van der Waals surface area contributed by atoms with Crippen LogP contribution in [0.4, 0.5) is 0 Å². The molecule has 1 aromatic heterocycles. The third-order valence-electron chi connectivity index (χ3n) is 3.67. The van der Waals surface area contributed by atoms with E-state index >= 15 is 0 Å². The number of aromatic amines is 1. The number of hydrogen-bond donors (Lipinski definition) is 1. The van der Waals surface area contributed by atoms with Gasteiger partial charge in [0.2, 0.25) is 0 Å². The summed E-state index contributed by atoms with van der Waals surface area (Å²) in [6.45, 7) is 1.93. The number of carbonyl (C=O) groups excluding carboxylic acids is 2. The molecule has 27 heavy (non-hydrogen) atoms. The third kappa shape index (κ3) is 3.95. The molecule has 138 valence electrons. The largest absolute Gasteiger partial charge is 0.493 e. The summed E-state index contributed by atoms with van der Waals surface area (Å²) in [4.78, 5) is 24.2. The Morgan fingerprint density at radius 2 is 1.78 bits per heavy atom. The first-order valence-corrected chi connectivity index (χ1v) is 8.17. The van der Waals surface area contributed by atoms with Crippen LogP contribution in [-0.2, 0) is 4.74 Å². The van der Waals surface area contributed by atoms with Crippen molar-refractivity contribution in [3.05, 3.63) is 59.8 Å². The molecule has 0 aliphatic rings. The molecule has 0 aliphatic carbocycles. The van der Waals surface area contributed by atoms with Crippen molar-refractivity contribution in [2.45, 2.75) is 6.92 Å². The van der Waals surface area contributed by atoms with Crippen LogP contribution in [0.15, 0.2) is 48.5 Å². The van der Waals surface area contributed by atoms with Gasteiger partial charge in [-0.1, -0.05) is 18.2 Å². The molecule has 1 N–H and O–H groups in total. The quantitative estimate of drug-likeness (QED) is 0.528. The lowest BCUT2D eigenvalue weighted by Gasteiger charge is -2.10. The predicted octanol–water partition coefficient (Wildman–Crippen LogP) is 2.88. The Balaban J connectivity index is 1.88. The molecular weight excluding hydrogens is 350 g/mol. The summed E-state index contributed by atoms with van der Waals surface area (Å²) < 4.78 is 15.7. The molecule has 1 heterocycles. The van der Waals surface area contributed by atoms with Crippen LogP contribution in [-0.4, -0.2) is 41.1 Å². The Labute approximate surface area is 155 Å². The van der Waals surface area contributed by atoms with E-state index in [1.165, 1.54) is 7.11 Å². The maximum absolute atomic E-state index is 12.2. The van der Waals surface area contributed by atoms with Crippen molar-refractivity contribution >= 4 is 11.9 Å². The molecule has 0 saturated heterocycles. The average molecular weight is 367 g/mol. The molecule has 8 nitrogen and oxygen atoms in total. The van der Waals surface area contributed by atoms with Gasteiger partial charge in [0.15, 0.2) is 17.2 Å². The fraction of sp³-hybridized carbons (Fsp3) is 0.158. The number of H-pyrrole nitrogens is 1. The molecule has 0 bridgehead atoms. The second-order valence-electron chi connectivity index (χ2n) is 5.36. The Morgan fingerprint density at radius 1 is 1.00 bits per heavy atom. The number of benzene rings is 2. The van der Waals surface area contributed by atoms with Gasteiger partial charge < -0.3 is 14.2 Å². The number of esters is 2. The maximum Gasteiger partial charge on any atom is 0.361 e. The smallest absolute Gasteiger partial charge is 0.361 e. The van der Waals surface area contributed by atoms with Crippen LogP contribution >= 0.6 is 0 Å². The van der Waals surface area contributed by atoms with Gasteiger partial charge >= 0.3 is 11.9 Å². The zero-order valence-electron chi connectivity index (χ0n) is 14.8. The topological polar surface area (TPSA) is 103 Å². The van der Waals surface area contributed by atoms with E-state index < -0.39 is 11.9 Å². The van der Waals surface area contributed by atoms with Gasteiger partial charge in [-0.3, -0.25) is 0 Å². The second kappa shape index (κ2) is 8.13. The number of methoxy groups -OCH3 is 1. The molecule has 0 spiro atoms. The Hall–Kier alpha value is -3.68. The normalized spacial score (nSPS) is 10.3. The lowest BCUT2D eigenvalue weighted by molar-refractivity contribution is 0.0520. The predicted molar refractivity (Wildman–Crippen MR) is 95.7 cm³/mol. The van der Waals surface area contributed by atoms with Gasteiger partial charge in [-0.05, 0) is 37.3 Å². The van der Waals surface area contributed by atoms with E-state index in [-0.39, 0.29) is 18.1 Å². The van der Waals surface area contributed by atoms with E-state index in [2.05, 4.69) is 15.4 Å². The molecule has 3 rings (SSSR count). The molecule has 3 aromatic rings. The zero-order valence-corrected chi connectivity index (χ0v) is 14.8. The molecule has 0 atom stereocenters. The summed E-state index contributed by atoms with van der Waals surface area (Å²) in [5, 5.41) is 10.3. The maximum atomic E-state index is 12.2. The van der Waals surface area contributed by atoms with Crippen molar-refractivity contribution in [2.75, 3.05) is 13.7 Å². The van der Waals surface area contributed by atoms with Crippen LogP contribution < -0.4 is 9.47 Å². The van der Waals surface area contributed by atoms with Crippen molar-refractivity contribution in [1.82, 2.24) is 15.4 Å². The standard InChI is InChI=1S/C19H17N3O5/c1-3-26-19(24)17-16(20-22-21-17)13-9-10-14(15(11-13)25-2)27-18(23)12-7-5-4-6-8-12/h4-11H,3H2,1-2H3,(H,20,21,22). The Kier molecular flexibility index (Phi) is 5.46. The van der Waals surface area contributed by atoms with Crippen LogP contribution in [0.1, 0.15) is 27.8 Å². The first-order valence-electron chi connectivity index (χ1n) is 8.17. The van der Waals surface area contributed by atoms with Gasteiger partial charge in [0.1, 0.15) is 5.69 Å². The molecule has 0 amide bonds. The molecule has 0 fully saturated rings. The highest BCUT2D eigenvalue weighted by atomic mass is 16.6. The molecule has 0 radical (unpaired) electrons. The number of nitrogens with zero attached hydrogens (tertiary/aromatic N) is 2. The number of aromatic nitrogens is 3. The van der Waals surface area contributed by atoms with Crippen LogP contribution in [0.5, 0.6) is 11.5 Å². The fourth-order valence-electron chi connectivity index (χ4n) is 2.41. The van der Waals surface area contributed by atoms with Crippen molar-refractivity contribution in [1.29, 1.82) is 0 Å². The summed E-state index contributed by atoms with van der Waals surface area (Å²) in [5.74, 6) is -0.527. The first-order chi connectivity index (χ1) is 13.1. The van der Waals surface area contributed by atoms with E-state index in [4.69, 9.17) is 14.2 Å². The average Bonchev–Trinajstić information content (AvgIpc) is 3.19. The highest BCUT2D eigenvalue weighted by Crippen LogP contribution is 2.33. The highest BCUT2D eigenvalue weighted by molar-refractivity contribution is 5.94. The molecule has 8 heteroatoms. The number of nitrogens with one attached hydrogen (secondary N) is 1. The van der Waals surface area contributed by atoms with Gasteiger partial charge in [-0.25, -0.2) is 9.59 Å². The number of carbonyl (C=O) groups is 2. The molecular formula is C19H17N3O5. The lowest BCUT2D eigenvalue weighted by atomic mass is 10.1. The van der Waals surface area contributed by atoms with Crippen molar-refractivity contribution in [3.8, 4) is 22.8 Å². The van der Waals surface area contributed by atoms with Crippen LogP contribution in [0.2, 0.25) is 0 Å². The number of ether oxygens (including phenoxy) is 3. The van der Waals surface area contributed by atoms with E-state index in [0.717, 1.165) is 0 Å². The molecule has 2 aromatic carbocycles. The SMILES string of the molecule is CCOC(=O)c1n[nH]nc1-c1ccc(OC(=O)c2ccccc2)c(OC)c1. The molecule has 0 unspecified atom stereocenters. The zero-order chi connectivity index (χ0) is 19.2. The number of hydrogen-bond acceptors (Lipinski definition) is 7. The monoisotopic (exact) mass is 367 g/mol. The van der Waals surface area contributed by atoms with Gasteiger partial charge in [-0.15, -0.1) is 5.10 Å². The van der Waals surface area contributed by atoms with Gasteiger partial charge in [0.25, 0.3) is 0 Å². The van der Waals surface area contributed by atoms with Crippen LogP contribution in [0.25, 0.3) is 11.3 Å². The molecule has 0 aliphatic heterocycles. The van der Waals surface area contributed by atoms with Gasteiger partial charge in [0.05, 0.1) is 19.3 Å². The minimum Gasteiger partial charge on any atom is -0.493 e. The van der Waals surface area contributed by atoms with E-state index in [1.807, 2.05) is 6.07 Å². The minimum atomic E-state index is -0.584. The summed E-state index contributed by atoms with van der Waals surface area (Å²) in [5.41, 5.74) is 1.36. The van der Waals surface area contributed by atoms with Crippen molar-refractivity contribution in [2.24, 2.45) is 0 Å². The van der Waals surface area contributed by atoms with Crippen LogP contribution in [0.3, 0.4) is 0 Å². The highest BCUT2D eigenvalue weighted by Gasteiger charge is 2.21. The van der Waals surface area contributed by atoms with E-state index in [1.54, 1.807) is 49.4 Å². The van der Waals surface area contributed by atoms with E-state index in [9.17, 15) is 9.59 Å². The third-order valence-corrected chi connectivity index (χ3v) is 3.67. The Bertz CT molecular complexity index is 953. The minimum absolute atomic E-state index is 0.0629. The summed E-state index contributed by atoms with van der Waals surface area (Å²) in [7, 11) is 1.45. The fourth-order valence-corrected chi connectivity index (χ4v) is 2.41. The summed E-state index contributed by atoms with van der Waals surface area (Å²) in [6.07, 6.45) is 0. The Morgan fingerprint density at radius 3 is 2.48 bits per heavy atom. The first kappa shape index (κ1) is 18.1. The molecule has 0 saturated carbocycles. The van der Waals surface area contributed by atoms with Crippen molar-refractivity contribution in [3.63, 3.8) is 0 Å². The lowest BCUT2D eigenvalue weighted by Crippen LogP contribution is -2.09.